The number of carbonyl (C=O) groups is 2. The van der Waals surface area contributed by atoms with Crippen LogP contribution in [-0.2, 0) is 16.0 Å². The molecule has 1 N–H and O–H groups in total. The highest BCUT2D eigenvalue weighted by atomic mass is 19.4. The number of halogens is 3. The molecule has 1 aromatic heterocycles. The zero-order valence-electron chi connectivity index (χ0n) is 17.9. The molecule has 0 bridgehead atoms. The lowest BCUT2D eigenvalue weighted by atomic mass is 10.1. The third kappa shape index (κ3) is 6.71. The van der Waals surface area contributed by atoms with E-state index in [0.717, 1.165) is 29.2 Å². The van der Waals surface area contributed by atoms with Crippen LogP contribution >= 0.6 is 0 Å². The average molecular weight is 454 g/mol. The van der Waals surface area contributed by atoms with Crippen molar-refractivity contribution in [2.45, 2.75) is 33.1 Å². The predicted octanol–water partition coefficient (Wildman–Crippen LogP) is 2.91. The Morgan fingerprint density at radius 3 is 2.34 bits per heavy atom. The molecule has 1 aromatic carbocycles. The Morgan fingerprint density at radius 2 is 1.78 bits per heavy atom. The van der Waals surface area contributed by atoms with Crippen LogP contribution in [0.25, 0.3) is 0 Å². The predicted molar refractivity (Wildman–Crippen MR) is 109 cm³/mol. The van der Waals surface area contributed by atoms with Crippen LogP contribution in [0.15, 0.2) is 28.8 Å². The molecule has 1 fully saturated rings. The van der Waals surface area contributed by atoms with Gasteiger partial charge in [-0.05, 0) is 44.5 Å². The number of amides is 2. The third-order valence-electron chi connectivity index (χ3n) is 5.23. The molecule has 0 aliphatic carbocycles. The number of nitrogens with one attached hydrogen (secondary N) is 1. The van der Waals surface area contributed by atoms with Gasteiger partial charge in [-0.15, -0.1) is 13.2 Å². The van der Waals surface area contributed by atoms with Gasteiger partial charge >= 0.3 is 6.36 Å². The monoisotopic (exact) mass is 454 g/mol. The Kier molecular flexibility index (Phi) is 7.39. The van der Waals surface area contributed by atoms with E-state index in [2.05, 4.69) is 15.2 Å². The highest BCUT2D eigenvalue weighted by molar-refractivity contribution is 5.92. The first-order valence-electron chi connectivity index (χ1n) is 10.2. The number of hydrogen-bond donors (Lipinski definition) is 1. The van der Waals surface area contributed by atoms with Crippen molar-refractivity contribution in [3.05, 3.63) is 41.3 Å². The standard InChI is InChI=1S/C21H25F3N4O4/c1-14-18(15(2)32-26-14)7-8-20(30)28-11-9-27(10-12-28)13-19(29)25-16-3-5-17(6-4-16)31-21(22,23)24/h3-6H,7-13H2,1-2H3,(H,25,29). The lowest BCUT2D eigenvalue weighted by Crippen LogP contribution is -2.50. The van der Waals surface area contributed by atoms with Gasteiger partial charge in [0.25, 0.3) is 0 Å². The molecule has 8 nitrogen and oxygen atoms in total. The number of hydrogen-bond acceptors (Lipinski definition) is 6. The van der Waals surface area contributed by atoms with E-state index in [1.807, 2.05) is 18.7 Å². The molecule has 0 radical (unpaired) electrons. The molecule has 2 heterocycles. The molecule has 1 saturated heterocycles. The minimum Gasteiger partial charge on any atom is -0.406 e. The summed E-state index contributed by atoms with van der Waals surface area (Å²) >= 11 is 0. The van der Waals surface area contributed by atoms with Gasteiger partial charge in [-0.3, -0.25) is 14.5 Å². The number of nitrogens with zero attached hydrogens (tertiary/aromatic N) is 3. The molecule has 11 heteroatoms. The summed E-state index contributed by atoms with van der Waals surface area (Å²) < 4.78 is 45.5. The van der Waals surface area contributed by atoms with Crippen LogP contribution in [0.1, 0.15) is 23.4 Å². The van der Waals surface area contributed by atoms with Gasteiger partial charge in [-0.25, -0.2) is 0 Å². The van der Waals surface area contributed by atoms with Gasteiger partial charge in [0.1, 0.15) is 11.5 Å². The van der Waals surface area contributed by atoms with Crippen molar-refractivity contribution in [3.8, 4) is 5.75 Å². The molecule has 3 rings (SSSR count). The summed E-state index contributed by atoms with van der Waals surface area (Å²) in [5, 5.41) is 6.54. The van der Waals surface area contributed by atoms with E-state index >= 15 is 0 Å². The van der Waals surface area contributed by atoms with Crippen LogP contribution in [0.2, 0.25) is 0 Å². The van der Waals surface area contributed by atoms with Crippen LogP contribution in [0.5, 0.6) is 5.75 Å². The smallest absolute Gasteiger partial charge is 0.406 e. The molecular weight excluding hydrogens is 429 g/mol. The van der Waals surface area contributed by atoms with Gasteiger partial charge in [-0.2, -0.15) is 0 Å². The Labute approximate surface area is 183 Å². The molecule has 32 heavy (non-hydrogen) atoms. The number of aromatic nitrogens is 1. The lowest BCUT2D eigenvalue weighted by Gasteiger charge is -2.34. The number of benzene rings is 1. The Bertz CT molecular complexity index is 916. The fraction of sp³-hybridized carbons (Fsp3) is 0.476. The second kappa shape index (κ2) is 10.0. The van der Waals surface area contributed by atoms with Crippen molar-refractivity contribution >= 4 is 17.5 Å². The van der Waals surface area contributed by atoms with Crippen LogP contribution in [0, 0.1) is 13.8 Å². The highest BCUT2D eigenvalue weighted by Crippen LogP contribution is 2.24. The fourth-order valence-electron chi connectivity index (χ4n) is 3.55. The van der Waals surface area contributed by atoms with Crippen LogP contribution in [0.4, 0.5) is 18.9 Å². The molecule has 174 valence electrons. The molecule has 0 atom stereocenters. The van der Waals surface area contributed by atoms with E-state index in [1.165, 1.54) is 12.1 Å². The molecule has 0 saturated carbocycles. The minimum atomic E-state index is -4.76. The summed E-state index contributed by atoms with van der Waals surface area (Å²) in [6, 6.07) is 4.95. The average Bonchev–Trinajstić information content (AvgIpc) is 3.04. The largest absolute Gasteiger partial charge is 0.573 e. The normalized spacial score (nSPS) is 15.0. The Morgan fingerprint density at radius 1 is 1.12 bits per heavy atom. The maximum absolute atomic E-state index is 12.5. The number of ether oxygens (including phenoxy) is 1. The van der Waals surface area contributed by atoms with Crippen molar-refractivity contribution in [3.63, 3.8) is 0 Å². The second-order valence-electron chi connectivity index (χ2n) is 7.58. The van der Waals surface area contributed by atoms with Gasteiger partial charge in [0.2, 0.25) is 11.8 Å². The zero-order chi connectivity index (χ0) is 23.3. The first-order chi connectivity index (χ1) is 15.1. The maximum Gasteiger partial charge on any atom is 0.573 e. The van der Waals surface area contributed by atoms with E-state index in [4.69, 9.17) is 4.52 Å². The van der Waals surface area contributed by atoms with Crippen LogP contribution in [0.3, 0.4) is 0 Å². The highest BCUT2D eigenvalue weighted by Gasteiger charge is 2.31. The number of piperazine rings is 1. The topological polar surface area (TPSA) is 87.9 Å². The molecule has 2 amide bonds. The van der Waals surface area contributed by atoms with E-state index in [1.54, 1.807) is 4.90 Å². The van der Waals surface area contributed by atoms with Gasteiger partial charge in [0.05, 0.1) is 12.2 Å². The maximum atomic E-state index is 12.5. The number of anilines is 1. The van der Waals surface area contributed by atoms with Gasteiger partial charge in [0, 0.05) is 43.9 Å². The molecule has 1 aliphatic rings. The fourth-order valence-corrected chi connectivity index (χ4v) is 3.55. The molecular formula is C21H25F3N4O4. The quantitative estimate of drug-likeness (QED) is 0.692. The first-order valence-corrected chi connectivity index (χ1v) is 10.2. The molecule has 0 spiro atoms. The number of rotatable bonds is 7. The SMILES string of the molecule is Cc1noc(C)c1CCC(=O)N1CCN(CC(=O)Nc2ccc(OC(F)(F)F)cc2)CC1. The zero-order valence-corrected chi connectivity index (χ0v) is 17.9. The van der Waals surface area contributed by atoms with Crippen molar-refractivity contribution in [1.29, 1.82) is 0 Å². The number of carbonyl (C=O) groups excluding carboxylic acids is 2. The van der Waals surface area contributed by atoms with Crippen LogP contribution in [-0.4, -0.2) is 65.9 Å². The summed E-state index contributed by atoms with van der Waals surface area (Å²) in [7, 11) is 0. The van der Waals surface area contributed by atoms with Gasteiger partial charge in [-0.1, -0.05) is 5.16 Å². The minimum absolute atomic E-state index is 0.0512. The second-order valence-corrected chi connectivity index (χ2v) is 7.58. The number of alkyl halides is 3. The van der Waals surface area contributed by atoms with Crippen molar-refractivity contribution in [2.75, 3.05) is 38.0 Å². The summed E-state index contributed by atoms with van der Waals surface area (Å²) in [6.07, 6.45) is -3.81. The van der Waals surface area contributed by atoms with E-state index in [9.17, 15) is 22.8 Å². The Balaban J connectivity index is 1.39. The van der Waals surface area contributed by atoms with E-state index in [-0.39, 0.29) is 24.1 Å². The van der Waals surface area contributed by atoms with E-state index in [0.29, 0.717) is 44.7 Å². The van der Waals surface area contributed by atoms with Crippen LogP contribution < -0.4 is 10.1 Å². The third-order valence-corrected chi connectivity index (χ3v) is 5.23. The molecule has 1 aliphatic heterocycles. The van der Waals surface area contributed by atoms with Gasteiger partial charge < -0.3 is 19.5 Å². The molecule has 0 unspecified atom stereocenters. The van der Waals surface area contributed by atoms with Gasteiger partial charge in [0.15, 0.2) is 0 Å². The number of aryl methyl sites for hydroxylation is 2. The van der Waals surface area contributed by atoms with Crippen molar-refractivity contribution in [1.82, 2.24) is 15.0 Å². The Hall–Kier alpha value is -3.08. The summed E-state index contributed by atoms with van der Waals surface area (Å²) in [5.74, 6) is 0.141. The lowest BCUT2D eigenvalue weighted by molar-refractivity contribution is -0.274. The van der Waals surface area contributed by atoms with E-state index < -0.39 is 6.36 Å². The van der Waals surface area contributed by atoms with Crippen molar-refractivity contribution in [2.24, 2.45) is 0 Å². The summed E-state index contributed by atoms with van der Waals surface area (Å²) in [4.78, 5) is 28.5. The van der Waals surface area contributed by atoms with Crippen molar-refractivity contribution < 1.29 is 32.0 Å². The first kappa shape index (κ1) is 23.6. The molecule has 2 aromatic rings. The summed E-state index contributed by atoms with van der Waals surface area (Å²) in [6.45, 7) is 5.97. The summed E-state index contributed by atoms with van der Waals surface area (Å²) in [5.41, 5.74) is 2.14.